The zero-order chi connectivity index (χ0) is 20.3. The molecule has 0 atom stereocenters. The zero-order valence-corrected chi connectivity index (χ0v) is 17.8. The molecule has 0 radical (unpaired) electrons. The number of thiocarbonyl (C=S) groups is 1. The van der Waals surface area contributed by atoms with Crippen molar-refractivity contribution in [3.8, 4) is 17.2 Å². The number of carbonyl (C=O) groups is 1. The predicted molar refractivity (Wildman–Crippen MR) is 116 cm³/mol. The summed E-state index contributed by atoms with van der Waals surface area (Å²) in [5.74, 6) is 1.46. The fourth-order valence-electron chi connectivity index (χ4n) is 2.85. The average Bonchev–Trinajstić information content (AvgIpc) is 2.96. The Balaban J connectivity index is 1.88. The Bertz CT molecular complexity index is 913. The van der Waals surface area contributed by atoms with Gasteiger partial charge in [-0.05, 0) is 36.3 Å². The van der Waals surface area contributed by atoms with Gasteiger partial charge in [-0.3, -0.25) is 9.69 Å². The van der Waals surface area contributed by atoms with Crippen LogP contribution >= 0.6 is 24.0 Å². The van der Waals surface area contributed by atoms with Crippen LogP contribution in [-0.2, 0) is 11.3 Å². The van der Waals surface area contributed by atoms with Gasteiger partial charge in [0.2, 0.25) is 5.75 Å². The monoisotopic (exact) mass is 415 g/mol. The lowest BCUT2D eigenvalue weighted by atomic mass is 10.1. The predicted octanol–water partition coefficient (Wildman–Crippen LogP) is 4.42. The Morgan fingerprint density at radius 2 is 1.64 bits per heavy atom. The summed E-state index contributed by atoms with van der Waals surface area (Å²) in [6.45, 7) is 2.49. The lowest BCUT2D eigenvalue weighted by Crippen LogP contribution is -2.27. The van der Waals surface area contributed by atoms with Crippen LogP contribution in [-0.4, -0.2) is 36.5 Å². The van der Waals surface area contributed by atoms with Crippen molar-refractivity contribution in [1.29, 1.82) is 0 Å². The van der Waals surface area contributed by atoms with Crippen LogP contribution in [0.25, 0.3) is 6.08 Å². The molecule has 2 aromatic carbocycles. The van der Waals surface area contributed by atoms with E-state index >= 15 is 0 Å². The highest BCUT2D eigenvalue weighted by molar-refractivity contribution is 8.26. The Hall–Kier alpha value is -2.51. The van der Waals surface area contributed by atoms with E-state index in [2.05, 4.69) is 0 Å². The van der Waals surface area contributed by atoms with Crippen LogP contribution in [0.4, 0.5) is 0 Å². The second-order valence-corrected chi connectivity index (χ2v) is 7.89. The Labute approximate surface area is 174 Å². The molecule has 0 saturated carbocycles. The molecule has 7 heteroatoms. The van der Waals surface area contributed by atoms with Gasteiger partial charge in [-0.2, -0.15) is 0 Å². The summed E-state index contributed by atoms with van der Waals surface area (Å²) >= 11 is 6.72. The van der Waals surface area contributed by atoms with Crippen molar-refractivity contribution in [2.24, 2.45) is 0 Å². The van der Waals surface area contributed by atoms with Crippen LogP contribution in [0.15, 0.2) is 41.3 Å². The molecule has 1 heterocycles. The van der Waals surface area contributed by atoms with Gasteiger partial charge in [0.1, 0.15) is 4.32 Å². The van der Waals surface area contributed by atoms with E-state index in [0.29, 0.717) is 33.0 Å². The third kappa shape index (κ3) is 4.15. The summed E-state index contributed by atoms with van der Waals surface area (Å²) < 4.78 is 16.6. The van der Waals surface area contributed by atoms with Gasteiger partial charge in [-0.1, -0.05) is 53.8 Å². The van der Waals surface area contributed by atoms with Gasteiger partial charge < -0.3 is 14.2 Å². The number of amides is 1. The third-order valence-electron chi connectivity index (χ3n) is 4.32. The fourth-order valence-corrected chi connectivity index (χ4v) is 4.10. The lowest BCUT2D eigenvalue weighted by Gasteiger charge is -2.14. The number of carbonyl (C=O) groups excluding carboxylic acids is 1. The maximum Gasteiger partial charge on any atom is 0.266 e. The molecular formula is C21H21NO4S2. The summed E-state index contributed by atoms with van der Waals surface area (Å²) in [7, 11) is 4.67. The molecule has 1 saturated heterocycles. The van der Waals surface area contributed by atoms with Crippen molar-refractivity contribution in [1.82, 2.24) is 4.90 Å². The molecule has 0 unspecified atom stereocenters. The van der Waals surface area contributed by atoms with Crippen molar-refractivity contribution in [3.05, 3.63) is 58.0 Å². The number of methoxy groups -OCH3 is 3. The standard InChI is InChI=1S/C21H21NO4S2/c1-13-5-7-14(8-6-13)12-22-20(23)18(28-21(22)27)11-15-9-16(24-2)19(26-4)17(10-15)25-3/h5-11H,12H2,1-4H3/b18-11-. The molecule has 146 valence electrons. The molecule has 1 aliphatic rings. The highest BCUT2D eigenvalue weighted by atomic mass is 32.2. The van der Waals surface area contributed by atoms with Crippen LogP contribution in [0.5, 0.6) is 17.2 Å². The Kier molecular flexibility index (Phi) is 6.26. The largest absolute Gasteiger partial charge is 0.493 e. The molecule has 1 fully saturated rings. The van der Waals surface area contributed by atoms with Crippen molar-refractivity contribution in [2.75, 3.05) is 21.3 Å². The molecular weight excluding hydrogens is 394 g/mol. The average molecular weight is 416 g/mol. The van der Waals surface area contributed by atoms with E-state index in [1.165, 1.54) is 17.3 Å². The second-order valence-electron chi connectivity index (χ2n) is 6.21. The fraction of sp³-hybridized carbons (Fsp3) is 0.238. The van der Waals surface area contributed by atoms with Crippen LogP contribution in [0.1, 0.15) is 16.7 Å². The number of nitrogens with zero attached hydrogens (tertiary/aromatic N) is 1. The number of hydrogen-bond acceptors (Lipinski definition) is 6. The van der Waals surface area contributed by atoms with Gasteiger partial charge in [0.25, 0.3) is 5.91 Å². The second kappa shape index (κ2) is 8.67. The molecule has 28 heavy (non-hydrogen) atoms. The molecule has 0 aromatic heterocycles. The van der Waals surface area contributed by atoms with Crippen molar-refractivity contribution in [2.45, 2.75) is 13.5 Å². The number of hydrogen-bond donors (Lipinski definition) is 0. The molecule has 1 amide bonds. The summed E-state index contributed by atoms with van der Waals surface area (Å²) in [6.07, 6.45) is 1.79. The first kappa shape index (κ1) is 20.2. The van der Waals surface area contributed by atoms with E-state index in [1.54, 1.807) is 44.4 Å². The minimum absolute atomic E-state index is 0.107. The maximum atomic E-state index is 12.9. The Morgan fingerprint density at radius 3 is 2.18 bits per heavy atom. The number of ether oxygens (including phenoxy) is 3. The van der Waals surface area contributed by atoms with Crippen LogP contribution in [0.3, 0.4) is 0 Å². The Morgan fingerprint density at radius 1 is 1.04 bits per heavy atom. The molecule has 1 aliphatic heterocycles. The first-order valence-electron chi connectivity index (χ1n) is 8.57. The van der Waals surface area contributed by atoms with E-state index in [1.807, 2.05) is 31.2 Å². The van der Waals surface area contributed by atoms with Crippen LogP contribution in [0, 0.1) is 6.92 Å². The highest BCUT2D eigenvalue weighted by Gasteiger charge is 2.32. The van der Waals surface area contributed by atoms with E-state index in [9.17, 15) is 4.79 Å². The number of rotatable bonds is 6. The smallest absolute Gasteiger partial charge is 0.266 e. The summed E-state index contributed by atoms with van der Waals surface area (Å²) in [5, 5.41) is 0. The van der Waals surface area contributed by atoms with Gasteiger partial charge >= 0.3 is 0 Å². The topological polar surface area (TPSA) is 48.0 Å². The molecule has 3 rings (SSSR count). The van der Waals surface area contributed by atoms with Crippen molar-refractivity contribution < 1.29 is 19.0 Å². The van der Waals surface area contributed by atoms with Gasteiger partial charge in [0.05, 0.1) is 32.8 Å². The SMILES string of the molecule is COc1cc(/C=C2\SC(=S)N(Cc3ccc(C)cc3)C2=O)cc(OC)c1OC. The summed E-state index contributed by atoms with van der Waals surface area (Å²) in [6, 6.07) is 11.7. The molecule has 0 bridgehead atoms. The van der Waals surface area contributed by atoms with Gasteiger partial charge in [-0.15, -0.1) is 0 Å². The van der Waals surface area contributed by atoms with Crippen molar-refractivity contribution >= 4 is 40.3 Å². The third-order valence-corrected chi connectivity index (χ3v) is 5.70. The summed E-state index contributed by atoms with van der Waals surface area (Å²) in [4.78, 5) is 15.1. The number of aryl methyl sites for hydroxylation is 1. The minimum Gasteiger partial charge on any atom is -0.493 e. The normalized spacial score (nSPS) is 15.3. The van der Waals surface area contributed by atoms with E-state index in [-0.39, 0.29) is 5.91 Å². The first-order chi connectivity index (χ1) is 13.5. The lowest BCUT2D eigenvalue weighted by molar-refractivity contribution is -0.122. The molecule has 0 N–H and O–H groups in total. The quantitative estimate of drug-likeness (QED) is 0.514. The van der Waals surface area contributed by atoms with Gasteiger partial charge in [0.15, 0.2) is 11.5 Å². The van der Waals surface area contributed by atoms with E-state index in [4.69, 9.17) is 26.4 Å². The van der Waals surface area contributed by atoms with Crippen LogP contribution in [0.2, 0.25) is 0 Å². The van der Waals surface area contributed by atoms with E-state index < -0.39 is 0 Å². The van der Waals surface area contributed by atoms with Gasteiger partial charge in [0, 0.05) is 0 Å². The molecule has 0 aliphatic carbocycles. The maximum absolute atomic E-state index is 12.9. The number of benzene rings is 2. The van der Waals surface area contributed by atoms with Crippen LogP contribution < -0.4 is 14.2 Å². The zero-order valence-electron chi connectivity index (χ0n) is 16.1. The molecule has 5 nitrogen and oxygen atoms in total. The minimum atomic E-state index is -0.107. The first-order valence-corrected chi connectivity index (χ1v) is 9.80. The molecule has 0 spiro atoms. The molecule has 2 aromatic rings. The number of thioether (sulfide) groups is 1. The van der Waals surface area contributed by atoms with Gasteiger partial charge in [-0.25, -0.2) is 0 Å². The van der Waals surface area contributed by atoms with E-state index in [0.717, 1.165) is 11.1 Å². The summed E-state index contributed by atoms with van der Waals surface area (Å²) in [5.41, 5.74) is 2.98. The van der Waals surface area contributed by atoms with Crippen molar-refractivity contribution in [3.63, 3.8) is 0 Å². The highest BCUT2D eigenvalue weighted by Crippen LogP contribution is 2.40.